The molecule has 0 aromatic carbocycles. The van der Waals surface area contributed by atoms with E-state index in [1.807, 2.05) is 13.8 Å². The molecule has 0 aliphatic heterocycles. The highest BCUT2D eigenvalue weighted by molar-refractivity contribution is 9.10. The number of nitrogens with zero attached hydrogens (tertiary/aromatic N) is 2. The summed E-state index contributed by atoms with van der Waals surface area (Å²) in [5.41, 5.74) is 2.08. The van der Waals surface area contributed by atoms with E-state index in [-0.39, 0.29) is 5.56 Å². The molecule has 2 aromatic rings. The fourth-order valence-electron chi connectivity index (χ4n) is 1.81. The average molecular weight is 313 g/mol. The summed E-state index contributed by atoms with van der Waals surface area (Å²) in [5, 5.41) is 13.3. The van der Waals surface area contributed by atoms with Crippen molar-refractivity contribution in [3.05, 3.63) is 39.0 Å². The van der Waals surface area contributed by atoms with Gasteiger partial charge in [0.1, 0.15) is 17.1 Å². The number of carboxylic acid groups (broad SMARTS) is 1. The standard InChI is InChI=1S/C12H13BrN2O3/c1-6-11(13)7(2)15(14-6)5-9-4-10(12(16)17)8(3)18-9/h4H,5H2,1-3H3,(H,16,17). The van der Waals surface area contributed by atoms with Crippen LogP contribution < -0.4 is 0 Å². The van der Waals surface area contributed by atoms with E-state index in [1.54, 1.807) is 17.7 Å². The number of furan rings is 1. The molecular weight excluding hydrogens is 300 g/mol. The number of carbonyl (C=O) groups is 1. The van der Waals surface area contributed by atoms with Gasteiger partial charge < -0.3 is 9.52 Å². The smallest absolute Gasteiger partial charge is 0.339 e. The number of aryl methyl sites for hydroxylation is 2. The first-order valence-corrected chi connectivity index (χ1v) is 6.21. The fourth-order valence-corrected chi connectivity index (χ4v) is 2.09. The number of halogens is 1. The second-order valence-corrected chi connectivity index (χ2v) is 4.92. The monoisotopic (exact) mass is 312 g/mol. The molecule has 0 fully saturated rings. The molecule has 0 radical (unpaired) electrons. The highest BCUT2D eigenvalue weighted by Crippen LogP contribution is 2.22. The van der Waals surface area contributed by atoms with Crippen LogP contribution >= 0.6 is 15.9 Å². The maximum absolute atomic E-state index is 10.9. The van der Waals surface area contributed by atoms with E-state index in [1.165, 1.54) is 0 Å². The summed E-state index contributed by atoms with van der Waals surface area (Å²) < 4.78 is 8.17. The molecule has 0 saturated heterocycles. The molecule has 0 aliphatic carbocycles. The SMILES string of the molecule is Cc1nn(Cc2cc(C(=O)O)c(C)o2)c(C)c1Br. The van der Waals surface area contributed by atoms with Crippen molar-refractivity contribution in [2.45, 2.75) is 27.3 Å². The predicted molar refractivity (Wildman–Crippen MR) is 68.9 cm³/mol. The molecule has 18 heavy (non-hydrogen) atoms. The van der Waals surface area contributed by atoms with Crippen LogP contribution in [0.5, 0.6) is 0 Å². The van der Waals surface area contributed by atoms with Crippen molar-refractivity contribution < 1.29 is 14.3 Å². The maximum atomic E-state index is 10.9. The Morgan fingerprint density at radius 2 is 2.17 bits per heavy atom. The third kappa shape index (κ3) is 2.20. The zero-order valence-electron chi connectivity index (χ0n) is 10.3. The van der Waals surface area contributed by atoms with Crippen LogP contribution in [0, 0.1) is 20.8 Å². The molecule has 0 atom stereocenters. The van der Waals surface area contributed by atoms with Crippen LogP contribution in [-0.4, -0.2) is 20.9 Å². The van der Waals surface area contributed by atoms with Crippen molar-refractivity contribution in [3.63, 3.8) is 0 Å². The van der Waals surface area contributed by atoms with Gasteiger partial charge in [-0.05, 0) is 42.8 Å². The third-order valence-corrected chi connectivity index (χ3v) is 3.95. The van der Waals surface area contributed by atoms with Crippen molar-refractivity contribution in [2.75, 3.05) is 0 Å². The number of hydrogen-bond acceptors (Lipinski definition) is 3. The summed E-state index contributed by atoms with van der Waals surface area (Å²) in [6.45, 7) is 5.91. The van der Waals surface area contributed by atoms with Crippen LogP contribution in [0.3, 0.4) is 0 Å². The summed E-state index contributed by atoms with van der Waals surface area (Å²) in [6, 6.07) is 1.54. The van der Waals surface area contributed by atoms with E-state index in [0.29, 0.717) is 18.1 Å². The molecule has 0 bridgehead atoms. The Labute approximate surface area is 113 Å². The molecule has 0 saturated carbocycles. The molecule has 0 unspecified atom stereocenters. The lowest BCUT2D eigenvalue weighted by molar-refractivity contribution is 0.0695. The normalized spacial score (nSPS) is 10.9. The number of rotatable bonds is 3. The van der Waals surface area contributed by atoms with Gasteiger partial charge in [0.15, 0.2) is 0 Å². The lowest BCUT2D eigenvalue weighted by Crippen LogP contribution is -2.03. The van der Waals surface area contributed by atoms with Gasteiger partial charge in [0, 0.05) is 0 Å². The van der Waals surface area contributed by atoms with Gasteiger partial charge in [0.25, 0.3) is 0 Å². The van der Waals surface area contributed by atoms with Gasteiger partial charge in [-0.25, -0.2) is 4.79 Å². The van der Waals surface area contributed by atoms with E-state index in [2.05, 4.69) is 21.0 Å². The summed E-state index contributed by atoms with van der Waals surface area (Å²) in [7, 11) is 0. The van der Waals surface area contributed by atoms with E-state index < -0.39 is 5.97 Å². The van der Waals surface area contributed by atoms with Crippen molar-refractivity contribution in [1.29, 1.82) is 0 Å². The van der Waals surface area contributed by atoms with E-state index in [4.69, 9.17) is 9.52 Å². The van der Waals surface area contributed by atoms with Gasteiger partial charge in [-0.15, -0.1) is 0 Å². The van der Waals surface area contributed by atoms with E-state index >= 15 is 0 Å². The van der Waals surface area contributed by atoms with E-state index in [0.717, 1.165) is 15.9 Å². The zero-order chi connectivity index (χ0) is 13.4. The first-order chi connectivity index (χ1) is 8.40. The molecule has 1 N–H and O–H groups in total. The van der Waals surface area contributed by atoms with Crippen LogP contribution in [0.15, 0.2) is 15.0 Å². The molecule has 0 spiro atoms. The molecule has 0 aliphatic rings. The molecule has 2 rings (SSSR count). The van der Waals surface area contributed by atoms with Crippen molar-refractivity contribution in [2.24, 2.45) is 0 Å². The second-order valence-electron chi connectivity index (χ2n) is 4.13. The topological polar surface area (TPSA) is 68.3 Å². The van der Waals surface area contributed by atoms with Gasteiger partial charge in [-0.1, -0.05) is 0 Å². The van der Waals surface area contributed by atoms with Crippen molar-refractivity contribution in [1.82, 2.24) is 9.78 Å². The first-order valence-electron chi connectivity index (χ1n) is 5.42. The average Bonchev–Trinajstić information content (AvgIpc) is 2.76. The molecule has 2 heterocycles. The first kappa shape index (κ1) is 12.9. The van der Waals surface area contributed by atoms with E-state index in [9.17, 15) is 4.79 Å². The van der Waals surface area contributed by atoms with Gasteiger partial charge in [-0.3, -0.25) is 4.68 Å². The summed E-state index contributed by atoms with van der Waals surface area (Å²) in [5.74, 6) is 0.0261. The van der Waals surface area contributed by atoms with Gasteiger partial charge in [0.05, 0.1) is 22.4 Å². The molecule has 96 valence electrons. The van der Waals surface area contributed by atoms with Gasteiger partial charge in [0.2, 0.25) is 0 Å². The molecule has 0 amide bonds. The minimum Gasteiger partial charge on any atom is -0.478 e. The van der Waals surface area contributed by atoms with Crippen LogP contribution in [0.4, 0.5) is 0 Å². The van der Waals surface area contributed by atoms with Crippen LogP contribution in [-0.2, 0) is 6.54 Å². The predicted octanol–water partition coefficient (Wildman–Crippen LogP) is 2.91. The fraction of sp³-hybridized carbons (Fsp3) is 0.333. The molecule has 2 aromatic heterocycles. The summed E-state index contributed by atoms with van der Waals surface area (Å²) >= 11 is 3.45. The van der Waals surface area contributed by atoms with Gasteiger partial charge >= 0.3 is 5.97 Å². The Kier molecular flexibility index (Phi) is 3.30. The Morgan fingerprint density at radius 1 is 1.50 bits per heavy atom. The van der Waals surface area contributed by atoms with Crippen LogP contribution in [0.1, 0.15) is 33.3 Å². The zero-order valence-corrected chi connectivity index (χ0v) is 11.9. The summed E-state index contributed by atoms with van der Waals surface area (Å²) in [4.78, 5) is 10.9. The largest absolute Gasteiger partial charge is 0.478 e. The lowest BCUT2D eigenvalue weighted by Gasteiger charge is -2.00. The Hall–Kier alpha value is -1.56. The van der Waals surface area contributed by atoms with Crippen molar-refractivity contribution in [3.8, 4) is 0 Å². The van der Waals surface area contributed by atoms with Gasteiger partial charge in [-0.2, -0.15) is 5.10 Å². The second kappa shape index (κ2) is 4.61. The van der Waals surface area contributed by atoms with Crippen LogP contribution in [0.2, 0.25) is 0 Å². The Morgan fingerprint density at radius 3 is 2.61 bits per heavy atom. The van der Waals surface area contributed by atoms with Crippen LogP contribution in [0.25, 0.3) is 0 Å². The van der Waals surface area contributed by atoms with Crippen molar-refractivity contribution >= 4 is 21.9 Å². The Bertz CT molecular complexity index is 613. The number of carboxylic acids is 1. The lowest BCUT2D eigenvalue weighted by atomic mass is 10.2. The number of hydrogen-bond donors (Lipinski definition) is 1. The third-order valence-electron chi connectivity index (χ3n) is 2.80. The Balaban J connectivity index is 2.31. The maximum Gasteiger partial charge on any atom is 0.339 e. The minimum absolute atomic E-state index is 0.200. The minimum atomic E-state index is -0.975. The molecule has 5 nitrogen and oxygen atoms in total. The highest BCUT2D eigenvalue weighted by Gasteiger charge is 2.16. The number of aromatic nitrogens is 2. The number of aromatic carboxylic acids is 1. The summed E-state index contributed by atoms with van der Waals surface area (Å²) in [6.07, 6.45) is 0. The molecular formula is C12H13BrN2O3. The quantitative estimate of drug-likeness (QED) is 0.946. The molecule has 6 heteroatoms. The highest BCUT2D eigenvalue weighted by atomic mass is 79.9.